The number of hydrogen-bond acceptors (Lipinski definition) is 5. The monoisotopic (exact) mass is 292 g/mol. The standard InChI is InChI=1S/C15H24N4O2/c16-13(2-1-3-15(20)21)11-6-9-19(14(17)10-11)12-4-7-18-8-5-12/h4-5,7-8,11,13-14H,1-3,6,9-10,16-17H2,(H,20,21)/t11?,13?,14-/m0/s1. The summed E-state index contributed by atoms with van der Waals surface area (Å²) >= 11 is 0. The lowest BCUT2D eigenvalue weighted by molar-refractivity contribution is -0.137. The molecule has 116 valence electrons. The van der Waals surface area contributed by atoms with Gasteiger partial charge in [0.05, 0.1) is 6.17 Å². The van der Waals surface area contributed by atoms with Crippen molar-refractivity contribution in [3.63, 3.8) is 0 Å². The fraction of sp³-hybridized carbons (Fsp3) is 0.600. The van der Waals surface area contributed by atoms with Crippen LogP contribution in [0, 0.1) is 5.92 Å². The quantitative estimate of drug-likeness (QED) is 0.726. The fourth-order valence-electron chi connectivity index (χ4n) is 3.00. The Morgan fingerprint density at radius 1 is 1.48 bits per heavy atom. The lowest BCUT2D eigenvalue weighted by atomic mass is 9.85. The molecule has 0 spiro atoms. The molecule has 1 aromatic rings. The smallest absolute Gasteiger partial charge is 0.303 e. The molecule has 0 radical (unpaired) electrons. The van der Waals surface area contributed by atoms with E-state index in [0.717, 1.165) is 31.5 Å². The Balaban J connectivity index is 1.84. The van der Waals surface area contributed by atoms with Gasteiger partial charge in [-0.2, -0.15) is 0 Å². The van der Waals surface area contributed by atoms with Gasteiger partial charge in [-0.15, -0.1) is 0 Å². The van der Waals surface area contributed by atoms with Gasteiger partial charge in [0.2, 0.25) is 0 Å². The van der Waals surface area contributed by atoms with Crippen LogP contribution in [0.15, 0.2) is 24.5 Å². The van der Waals surface area contributed by atoms with Gasteiger partial charge in [0, 0.05) is 37.1 Å². The molecule has 0 saturated carbocycles. The third-order valence-corrected chi connectivity index (χ3v) is 4.21. The SMILES string of the molecule is NC(CCCC(=O)O)C1CCN(c2ccncc2)[C@H](N)C1. The summed E-state index contributed by atoms with van der Waals surface area (Å²) in [5.74, 6) is -0.390. The van der Waals surface area contributed by atoms with Gasteiger partial charge in [-0.3, -0.25) is 9.78 Å². The molecule has 2 heterocycles. The second kappa shape index (κ2) is 7.38. The first-order chi connectivity index (χ1) is 10.1. The number of piperidine rings is 1. The van der Waals surface area contributed by atoms with E-state index in [1.807, 2.05) is 12.1 Å². The Labute approximate surface area is 125 Å². The van der Waals surface area contributed by atoms with E-state index in [1.54, 1.807) is 12.4 Å². The summed E-state index contributed by atoms with van der Waals surface area (Å²) in [5, 5.41) is 8.67. The molecule has 0 aromatic carbocycles. The highest BCUT2D eigenvalue weighted by Crippen LogP contribution is 2.28. The number of nitrogens with two attached hydrogens (primary N) is 2. The second-order valence-corrected chi connectivity index (χ2v) is 5.70. The first kappa shape index (κ1) is 15.7. The maximum atomic E-state index is 10.5. The molecule has 6 heteroatoms. The van der Waals surface area contributed by atoms with Gasteiger partial charge in [0.25, 0.3) is 0 Å². The summed E-state index contributed by atoms with van der Waals surface area (Å²) in [6.07, 6.45) is 6.90. The number of rotatable bonds is 6. The fourth-order valence-corrected chi connectivity index (χ4v) is 3.00. The van der Waals surface area contributed by atoms with Gasteiger partial charge < -0.3 is 21.5 Å². The van der Waals surface area contributed by atoms with Gasteiger partial charge in [0.1, 0.15) is 0 Å². The molecular formula is C15H24N4O2. The van der Waals surface area contributed by atoms with Crippen molar-refractivity contribution in [3.8, 4) is 0 Å². The Hall–Kier alpha value is -1.66. The van der Waals surface area contributed by atoms with E-state index in [9.17, 15) is 4.79 Å². The highest BCUT2D eigenvalue weighted by atomic mass is 16.4. The number of hydrogen-bond donors (Lipinski definition) is 3. The minimum absolute atomic E-state index is 0.0370. The van der Waals surface area contributed by atoms with Gasteiger partial charge >= 0.3 is 5.97 Å². The summed E-state index contributed by atoms with van der Waals surface area (Å²) in [6.45, 7) is 0.877. The van der Waals surface area contributed by atoms with Crippen LogP contribution in [-0.2, 0) is 4.79 Å². The van der Waals surface area contributed by atoms with Crippen molar-refractivity contribution in [1.29, 1.82) is 0 Å². The molecule has 6 nitrogen and oxygen atoms in total. The van der Waals surface area contributed by atoms with Crippen LogP contribution in [0.5, 0.6) is 0 Å². The average molecular weight is 292 g/mol. The van der Waals surface area contributed by atoms with E-state index >= 15 is 0 Å². The third-order valence-electron chi connectivity index (χ3n) is 4.21. The second-order valence-electron chi connectivity index (χ2n) is 5.70. The van der Waals surface area contributed by atoms with Gasteiger partial charge in [-0.1, -0.05) is 0 Å². The van der Waals surface area contributed by atoms with Gasteiger partial charge in [-0.25, -0.2) is 0 Å². The summed E-state index contributed by atoms with van der Waals surface area (Å²) in [4.78, 5) is 16.7. The third kappa shape index (κ3) is 4.41. The molecule has 0 bridgehead atoms. The number of aromatic nitrogens is 1. The van der Waals surface area contributed by atoms with Crippen molar-refractivity contribution < 1.29 is 9.90 Å². The highest BCUT2D eigenvalue weighted by molar-refractivity contribution is 5.66. The predicted molar refractivity (Wildman–Crippen MR) is 81.7 cm³/mol. The molecule has 2 rings (SSSR count). The van der Waals surface area contributed by atoms with Crippen molar-refractivity contribution in [1.82, 2.24) is 4.98 Å². The Kier molecular flexibility index (Phi) is 5.52. The molecule has 1 aliphatic heterocycles. The van der Waals surface area contributed by atoms with Crippen LogP contribution >= 0.6 is 0 Å². The van der Waals surface area contributed by atoms with E-state index in [4.69, 9.17) is 16.6 Å². The minimum atomic E-state index is -0.758. The summed E-state index contributed by atoms with van der Waals surface area (Å²) in [5.41, 5.74) is 13.6. The van der Waals surface area contributed by atoms with Crippen LogP contribution in [0.4, 0.5) is 5.69 Å². The van der Waals surface area contributed by atoms with E-state index < -0.39 is 5.97 Å². The lowest BCUT2D eigenvalue weighted by Crippen LogP contribution is -2.51. The van der Waals surface area contributed by atoms with Crippen molar-refractivity contribution in [2.24, 2.45) is 17.4 Å². The van der Waals surface area contributed by atoms with Crippen LogP contribution in [0.1, 0.15) is 32.1 Å². The van der Waals surface area contributed by atoms with Crippen molar-refractivity contribution in [2.75, 3.05) is 11.4 Å². The first-order valence-electron chi connectivity index (χ1n) is 7.47. The number of carboxylic acids is 1. The first-order valence-corrected chi connectivity index (χ1v) is 7.47. The topological polar surface area (TPSA) is 105 Å². The van der Waals surface area contributed by atoms with Crippen molar-refractivity contribution in [2.45, 2.75) is 44.3 Å². The molecule has 2 unspecified atom stereocenters. The van der Waals surface area contributed by atoms with Crippen molar-refractivity contribution in [3.05, 3.63) is 24.5 Å². The van der Waals surface area contributed by atoms with E-state index in [2.05, 4.69) is 9.88 Å². The number of nitrogens with zero attached hydrogens (tertiary/aromatic N) is 2. The van der Waals surface area contributed by atoms with Crippen LogP contribution < -0.4 is 16.4 Å². The summed E-state index contributed by atoms with van der Waals surface area (Å²) in [7, 11) is 0. The molecule has 0 aliphatic carbocycles. The minimum Gasteiger partial charge on any atom is -0.481 e. The number of carbonyl (C=O) groups is 1. The van der Waals surface area contributed by atoms with E-state index in [-0.39, 0.29) is 18.6 Å². The predicted octanol–water partition coefficient (Wildman–Crippen LogP) is 1.16. The van der Waals surface area contributed by atoms with E-state index in [1.165, 1.54) is 0 Å². The average Bonchev–Trinajstić information content (AvgIpc) is 2.47. The van der Waals surface area contributed by atoms with Crippen LogP contribution in [0.25, 0.3) is 0 Å². The Morgan fingerprint density at radius 3 is 2.81 bits per heavy atom. The van der Waals surface area contributed by atoms with Crippen LogP contribution in [-0.4, -0.2) is 34.8 Å². The van der Waals surface area contributed by atoms with Crippen LogP contribution in [0.3, 0.4) is 0 Å². The molecule has 21 heavy (non-hydrogen) atoms. The summed E-state index contributed by atoms with van der Waals surface area (Å²) < 4.78 is 0. The molecule has 1 aromatic heterocycles. The van der Waals surface area contributed by atoms with Gasteiger partial charge in [0.15, 0.2) is 0 Å². The molecule has 0 amide bonds. The zero-order chi connectivity index (χ0) is 15.2. The number of pyridine rings is 1. The van der Waals surface area contributed by atoms with Crippen molar-refractivity contribution >= 4 is 11.7 Å². The Bertz CT molecular complexity index is 454. The molecule has 1 fully saturated rings. The zero-order valence-corrected chi connectivity index (χ0v) is 12.2. The van der Waals surface area contributed by atoms with E-state index in [0.29, 0.717) is 12.3 Å². The normalized spacial score (nSPS) is 23.8. The number of carboxylic acid groups (broad SMARTS) is 1. The largest absolute Gasteiger partial charge is 0.481 e. The number of aliphatic carboxylic acids is 1. The molecule has 5 N–H and O–H groups in total. The molecular weight excluding hydrogens is 268 g/mol. The summed E-state index contributed by atoms with van der Waals surface area (Å²) in [6, 6.07) is 3.97. The zero-order valence-electron chi connectivity index (χ0n) is 12.2. The Morgan fingerprint density at radius 2 is 2.19 bits per heavy atom. The number of anilines is 1. The maximum Gasteiger partial charge on any atom is 0.303 e. The maximum absolute atomic E-state index is 10.5. The van der Waals surface area contributed by atoms with Crippen LogP contribution in [0.2, 0.25) is 0 Å². The lowest BCUT2D eigenvalue weighted by Gasteiger charge is -2.40. The highest BCUT2D eigenvalue weighted by Gasteiger charge is 2.29. The molecule has 3 atom stereocenters. The molecule has 1 aliphatic rings. The van der Waals surface area contributed by atoms with Gasteiger partial charge in [-0.05, 0) is 43.7 Å². The molecule has 1 saturated heterocycles.